The predicted molar refractivity (Wildman–Crippen MR) is 127 cm³/mol. The number of aromatic nitrogens is 3. The second kappa shape index (κ2) is 11.1. The second-order valence-electron chi connectivity index (χ2n) is 8.12. The van der Waals surface area contributed by atoms with Crippen molar-refractivity contribution in [2.45, 2.75) is 24.9 Å². The van der Waals surface area contributed by atoms with Crippen LogP contribution in [-0.2, 0) is 14.3 Å². The number of benzene rings is 2. The lowest BCUT2D eigenvalue weighted by Gasteiger charge is -2.17. The smallest absolute Gasteiger partial charge is 0.491 e. The number of carbonyl (C=O) groups excluding carboxylic acids is 2. The lowest BCUT2D eigenvalue weighted by atomic mass is 9.88. The van der Waals surface area contributed by atoms with Gasteiger partial charge in [0.2, 0.25) is 11.8 Å². The molecule has 4 N–H and O–H groups in total. The number of nitrogens with one attached hydrogen (secondary N) is 3. The number of nitrogens with zero attached hydrogens (tertiary/aromatic N) is 1. The van der Waals surface area contributed by atoms with Gasteiger partial charge in [-0.1, -0.05) is 30.3 Å². The van der Waals surface area contributed by atoms with E-state index in [9.17, 15) is 27.9 Å². The highest BCUT2D eigenvalue weighted by Gasteiger charge is 2.42. The SMILES string of the molecule is O=C(CC(c1ccccc1)c1c[nH]c2cc(OCCCNc3ncc(O)[nH]3)ccc12)OC(=O)C(F)(F)F. The molecule has 0 radical (unpaired) electrons. The maximum Gasteiger partial charge on any atom is 0.491 e. The zero-order valence-electron chi connectivity index (χ0n) is 19.3. The molecule has 0 spiro atoms. The maximum absolute atomic E-state index is 12.5. The molecule has 37 heavy (non-hydrogen) atoms. The van der Waals surface area contributed by atoms with E-state index >= 15 is 0 Å². The first kappa shape index (κ1) is 25.6. The lowest BCUT2D eigenvalue weighted by molar-refractivity contribution is -0.201. The van der Waals surface area contributed by atoms with Crippen molar-refractivity contribution in [3.8, 4) is 11.6 Å². The van der Waals surface area contributed by atoms with E-state index in [0.717, 1.165) is 5.39 Å². The van der Waals surface area contributed by atoms with Crippen molar-refractivity contribution >= 4 is 28.8 Å². The first-order valence-corrected chi connectivity index (χ1v) is 11.3. The molecular formula is C25H23F3N4O5. The molecule has 0 amide bonds. The summed E-state index contributed by atoms with van der Waals surface area (Å²) in [6.45, 7) is 0.970. The number of alkyl halides is 3. The molecule has 0 aliphatic heterocycles. The summed E-state index contributed by atoms with van der Waals surface area (Å²) in [6, 6.07) is 14.1. The van der Waals surface area contributed by atoms with Crippen LogP contribution in [0.2, 0.25) is 0 Å². The van der Waals surface area contributed by atoms with Gasteiger partial charge in [0.15, 0.2) is 0 Å². The molecule has 194 valence electrons. The first-order valence-electron chi connectivity index (χ1n) is 11.3. The molecule has 2 heterocycles. The molecule has 2 aromatic heterocycles. The summed E-state index contributed by atoms with van der Waals surface area (Å²) < 4.78 is 47.4. The Morgan fingerprint density at radius 3 is 2.62 bits per heavy atom. The largest absolute Gasteiger partial charge is 0.493 e. The highest BCUT2D eigenvalue weighted by molar-refractivity contribution is 5.90. The topological polar surface area (TPSA) is 129 Å². The fraction of sp³-hybridized carbons (Fsp3) is 0.240. The average molecular weight is 516 g/mol. The average Bonchev–Trinajstić information content (AvgIpc) is 3.47. The van der Waals surface area contributed by atoms with Crippen LogP contribution in [0.15, 0.2) is 60.9 Å². The molecule has 0 bridgehead atoms. The van der Waals surface area contributed by atoms with Crippen molar-refractivity contribution in [2.24, 2.45) is 0 Å². The number of H-pyrrole nitrogens is 2. The third-order valence-corrected chi connectivity index (χ3v) is 5.52. The molecule has 0 saturated heterocycles. The Labute approximate surface area is 208 Å². The van der Waals surface area contributed by atoms with Gasteiger partial charge in [0, 0.05) is 35.6 Å². The Kier molecular flexibility index (Phi) is 7.66. The van der Waals surface area contributed by atoms with E-state index in [2.05, 4.69) is 25.0 Å². The Morgan fingerprint density at radius 2 is 1.92 bits per heavy atom. The number of fused-ring (bicyclic) bond motifs is 1. The summed E-state index contributed by atoms with van der Waals surface area (Å²) in [5.41, 5.74) is 2.05. The second-order valence-corrected chi connectivity index (χ2v) is 8.12. The molecule has 4 aromatic rings. The van der Waals surface area contributed by atoms with Crippen molar-refractivity contribution in [1.29, 1.82) is 0 Å². The van der Waals surface area contributed by atoms with E-state index in [1.807, 2.05) is 0 Å². The van der Waals surface area contributed by atoms with Crippen LogP contribution in [0.25, 0.3) is 10.9 Å². The summed E-state index contributed by atoms with van der Waals surface area (Å²) in [7, 11) is 0. The van der Waals surface area contributed by atoms with Crippen LogP contribution in [0.4, 0.5) is 19.1 Å². The number of ether oxygens (including phenoxy) is 2. The third kappa shape index (κ3) is 6.60. The zero-order valence-corrected chi connectivity index (χ0v) is 19.3. The van der Waals surface area contributed by atoms with Crippen molar-refractivity contribution in [1.82, 2.24) is 15.0 Å². The molecule has 2 aromatic carbocycles. The van der Waals surface area contributed by atoms with Gasteiger partial charge in [-0.25, -0.2) is 9.78 Å². The van der Waals surface area contributed by atoms with Crippen molar-refractivity contribution < 1.29 is 37.3 Å². The Balaban J connectivity index is 1.44. The molecule has 12 heteroatoms. The number of esters is 2. The van der Waals surface area contributed by atoms with E-state index < -0.39 is 30.5 Å². The minimum Gasteiger partial charge on any atom is -0.493 e. The standard InChI is InChI=1S/C25H23F3N4O5/c26-25(27,28)23(35)37-22(34)12-18(15-5-2-1-3-6-15)19-13-30-20-11-16(7-8-17(19)20)36-10-4-9-29-24-31-14-21(33)32-24/h1-3,5-8,11,13-14,18,30,33H,4,9-10,12H2,(H2,29,31,32). The fourth-order valence-electron chi connectivity index (χ4n) is 3.84. The summed E-state index contributed by atoms with van der Waals surface area (Å²) in [6.07, 6.45) is -2.09. The summed E-state index contributed by atoms with van der Waals surface area (Å²) in [5, 5.41) is 13.0. The maximum atomic E-state index is 12.5. The number of rotatable bonds is 10. The summed E-state index contributed by atoms with van der Waals surface area (Å²) in [5.74, 6) is -3.44. The van der Waals surface area contributed by atoms with Gasteiger partial charge < -0.3 is 24.9 Å². The number of carbonyl (C=O) groups is 2. The van der Waals surface area contributed by atoms with Crippen LogP contribution in [0.1, 0.15) is 29.9 Å². The van der Waals surface area contributed by atoms with Gasteiger partial charge in [0.05, 0.1) is 19.2 Å². The van der Waals surface area contributed by atoms with Crippen molar-refractivity contribution in [2.75, 3.05) is 18.5 Å². The van der Waals surface area contributed by atoms with E-state index in [0.29, 0.717) is 47.9 Å². The fourth-order valence-corrected chi connectivity index (χ4v) is 3.84. The molecule has 0 saturated carbocycles. The van der Waals surface area contributed by atoms with E-state index in [4.69, 9.17) is 4.74 Å². The predicted octanol–water partition coefficient (Wildman–Crippen LogP) is 4.63. The number of anilines is 1. The van der Waals surface area contributed by atoms with Gasteiger partial charge >= 0.3 is 18.1 Å². The van der Waals surface area contributed by atoms with Crippen LogP contribution in [0.5, 0.6) is 11.6 Å². The molecule has 1 atom stereocenters. The summed E-state index contributed by atoms with van der Waals surface area (Å²) >= 11 is 0. The van der Waals surface area contributed by atoms with E-state index in [1.165, 1.54) is 6.20 Å². The van der Waals surface area contributed by atoms with E-state index in [-0.39, 0.29) is 5.88 Å². The lowest BCUT2D eigenvalue weighted by Crippen LogP contribution is -2.28. The Bertz CT molecular complexity index is 1370. The number of hydrogen-bond donors (Lipinski definition) is 4. The van der Waals surface area contributed by atoms with Gasteiger partial charge in [0.25, 0.3) is 0 Å². The van der Waals surface area contributed by atoms with E-state index in [1.54, 1.807) is 54.7 Å². The van der Waals surface area contributed by atoms with Gasteiger partial charge in [-0.3, -0.25) is 9.78 Å². The highest BCUT2D eigenvalue weighted by Crippen LogP contribution is 2.35. The zero-order chi connectivity index (χ0) is 26.4. The quantitative estimate of drug-likeness (QED) is 0.137. The van der Waals surface area contributed by atoms with Crippen LogP contribution in [0, 0.1) is 0 Å². The number of hydrogen-bond acceptors (Lipinski definition) is 7. The minimum atomic E-state index is -5.26. The van der Waals surface area contributed by atoms with Crippen LogP contribution >= 0.6 is 0 Å². The Hall–Kier alpha value is -4.48. The van der Waals surface area contributed by atoms with Gasteiger partial charge in [0.1, 0.15) is 5.75 Å². The molecule has 0 fully saturated rings. The van der Waals surface area contributed by atoms with Crippen molar-refractivity contribution in [3.05, 3.63) is 72.1 Å². The molecule has 0 aliphatic carbocycles. The van der Waals surface area contributed by atoms with Gasteiger partial charge in [-0.15, -0.1) is 0 Å². The normalized spacial score (nSPS) is 12.3. The molecule has 9 nitrogen and oxygen atoms in total. The minimum absolute atomic E-state index is 0.0291. The highest BCUT2D eigenvalue weighted by atomic mass is 19.4. The monoisotopic (exact) mass is 516 g/mol. The number of halogens is 3. The number of aromatic hydroxyl groups is 1. The Morgan fingerprint density at radius 1 is 1.14 bits per heavy atom. The van der Waals surface area contributed by atoms with Crippen LogP contribution in [-0.4, -0.2) is 51.3 Å². The summed E-state index contributed by atoms with van der Waals surface area (Å²) in [4.78, 5) is 33.1. The van der Waals surface area contributed by atoms with Gasteiger partial charge in [-0.2, -0.15) is 13.2 Å². The first-order chi connectivity index (χ1) is 17.7. The number of imidazole rings is 1. The molecular weight excluding hydrogens is 493 g/mol. The van der Waals surface area contributed by atoms with Crippen molar-refractivity contribution in [3.63, 3.8) is 0 Å². The molecule has 0 aliphatic rings. The van der Waals surface area contributed by atoms with Crippen LogP contribution in [0.3, 0.4) is 0 Å². The molecule has 4 rings (SSSR count). The number of aromatic amines is 2. The molecule has 1 unspecified atom stereocenters. The van der Waals surface area contributed by atoms with Gasteiger partial charge in [-0.05, 0) is 29.7 Å². The third-order valence-electron chi connectivity index (χ3n) is 5.52. The van der Waals surface area contributed by atoms with Crippen LogP contribution < -0.4 is 10.1 Å².